The summed E-state index contributed by atoms with van der Waals surface area (Å²) in [5.74, 6) is -0.189. The first kappa shape index (κ1) is 13.0. The number of rotatable bonds is 3. The third-order valence-electron chi connectivity index (χ3n) is 3.88. The molecule has 0 saturated carbocycles. The minimum Gasteiger partial charge on any atom is -0.379 e. The van der Waals surface area contributed by atoms with Crippen LogP contribution in [0.3, 0.4) is 0 Å². The van der Waals surface area contributed by atoms with Gasteiger partial charge in [-0.3, -0.25) is 0 Å². The first-order chi connectivity index (χ1) is 9.63. The first-order valence-electron chi connectivity index (χ1n) is 6.96. The van der Waals surface area contributed by atoms with Crippen molar-refractivity contribution in [1.29, 1.82) is 0 Å². The fourth-order valence-electron chi connectivity index (χ4n) is 2.69. The van der Waals surface area contributed by atoms with Crippen LogP contribution in [0.4, 0.5) is 15.8 Å². The van der Waals surface area contributed by atoms with E-state index < -0.39 is 0 Å². The lowest BCUT2D eigenvalue weighted by atomic mass is 10.1. The number of nitrogens with zero attached hydrogens (tertiary/aromatic N) is 1. The molecule has 0 radical (unpaired) electrons. The molecule has 3 rings (SSSR count). The van der Waals surface area contributed by atoms with Crippen LogP contribution in [0.15, 0.2) is 36.4 Å². The van der Waals surface area contributed by atoms with Gasteiger partial charge >= 0.3 is 0 Å². The fraction of sp³-hybridized carbons (Fsp3) is 0.294. The van der Waals surface area contributed by atoms with E-state index in [9.17, 15) is 4.39 Å². The number of nitrogens with one attached hydrogen (secondary N) is 1. The maximum atomic E-state index is 13.8. The Bertz CT molecular complexity index is 637. The van der Waals surface area contributed by atoms with E-state index in [1.165, 1.54) is 16.8 Å². The van der Waals surface area contributed by atoms with Gasteiger partial charge in [-0.05, 0) is 48.2 Å². The molecule has 2 nitrogen and oxygen atoms in total. The average Bonchev–Trinajstić information content (AvgIpc) is 2.79. The number of aryl methyl sites for hydroxylation is 1. The van der Waals surface area contributed by atoms with Crippen LogP contribution in [0.1, 0.15) is 16.7 Å². The Morgan fingerprint density at radius 2 is 2.05 bits per heavy atom. The molecule has 1 N–H and O–H groups in total. The molecule has 2 aromatic carbocycles. The highest BCUT2D eigenvalue weighted by Crippen LogP contribution is 2.27. The number of likely N-dealkylation sites (N-methyl/N-ethyl adjacent to an activating group) is 1. The molecule has 0 atom stereocenters. The van der Waals surface area contributed by atoms with Gasteiger partial charge in [0.25, 0.3) is 0 Å². The van der Waals surface area contributed by atoms with Crippen molar-refractivity contribution in [2.45, 2.75) is 19.9 Å². The zero-order valence-electron chi connectivity index (χ0n) is 11.9. The highest BCUT2D eigenvalue weighted by Gasteiger charge is 2.15. The van der Waals surface area contributed by atoms with Crippen molar-refractivity contribution in [2.24, 2.45) is 0 Å². The Morgan fingerprint density at radius 1 is 1.20 bits per heavy atom. The molecular weight excluding hydrogens is 251 g/mol. The zero-order chi connectivity index (χ0) is 14.1. The third-order valence-corrected chi connectivity index (χ3v) is 3.88. The number of fused-ring (bicyclic) bond motifs is 1. The lowest BCUT2D eigenvalue weighted by Crippen LogP contribution is -2.12. The molecule has 0 unspecified atom stereocenters. The maximum absolute atomic E-state index is 13.8. The van der Waals surface area contributed by atoms with Crippen LogP contribution in [0.2, 0.25) is 0 Å². The molecular formula is C17H19FN2. The molecule has 0 amide bonds. The van der Waals surface area contributed by atoms with E-state index in [1.807, 2.05) is 13.0 Å². The van der Waals surface area contributed by atoms with Gasteiger partial charge in [0, 0.05) is 25.8 Å². The summed E-state index contributed by atoms with van der Waals surface area (Å²) in [6.07, 6.45) is 1.10. The second kappa shape index (κ2) is 5.16. The average molecular weight is 270 g/mol. The Hall–Kier alpha value is -2.03. The van der Waals surface area contributed by atoms with Crippen LogP contribution in [0.5, 0.6) is 0 Å². The number of benzene rings is 2. The molecule has 0 spiro atoms. The molecule has 3 heteroatoms. The topological polar surface area (TPSA) is 15.3 Å². The predicted molar refractivity (Wildman–Crippen MR) is 81.9 cm³/mol. The van der Waals surface area contributed by atoms with Gasteiger partial charge in [0.05, 0.1) is 5.69 Å². The lowest BCUT2D eigenvalue weighted by Gasteiger charge is -2.13. The van der Waals surface area contributed by atoms with Crippen molar-refractivity contribution < 1.29 is 4.39 Å². The van der Waals surface area contributed by atoms with Crippen LogP contribution in [0.25, 0.3) is 0 Å². The van der Waals surface area contributed by atoms with Crippen molar-refractivity contribution in [3.8, 4) is 0 Å². The molecule has 104 valence electrons. The monoisotopic (exact) mass is 270 g/mol. The smallest absolute Gasteiger partial charge is 0.146 e. The van der Waals surface area contributed by atoms with E-state index >= 15 is 0 Å². The van der Waals surface area contributed by atoms with Gasteiger partial charge in [0.2, 0.25) is 0 Å². The lowest BCUT2D eigenvalue weighted by molar-refractivity contribution is 0.629. The molecule has 20 heavy (non-hydrogen) atoms. The molecule has 1 aliphatic heterocycles. The van der Waals surface area contributed by atoms with Gasteiger partial charge in [0.1, 0.15) is 5.82 Å². The van der Waals surface area contributed by atoms with Crippen LogP contribution < -0.4 is 10.2 Å². The summed E-state index contributed by atoms with van der Waals surface area (Å²) in [5.41, 5.74) is 5.40. The first-order valence-corrected chi connectivity index (χ1v) is 6.96. The molecule has 0 aromatic heterocycles. The molecule has 1 heterocycles. The summed E-state index contributed by atoms with van der Waals surface area (Å²) in [6.45, 7) is 3.62. The summed E-state index contributed by atoms with van der Waals surface area (Å²) in [7, 11) is 2.12. The number of halogens is 1. The molecule has 0 bridgehead atoms. The standard InChI is InChI=1S/C17H19FN2/c1-12-3-5-16(15(18)9-12)19-11-13-4-6-17-14(10-13)7-8-20(17)2/h3-6,9-10,19H,7-8,11H2,1-2H3. The maximum Gasteiger partial charge on any atom is 0.146 e. The molecule has 0 fully saturated rings. The SMILES string of the molecule is Cc1ccc(NCc2ccc3c(c2)CCN3C)c(F)c1. The summed E-state index contributed by atoms with van der Waals surface area (Å²) < 4.78 is 13.8. The van der Waals surface area contributed by atoms with E-state index in [2.05, 4.69) is 35.5 Å². The predicted octanol–water partition coefficient (Wildman–Crippen LogP) is 3.74. The summed E-state index contributed by atoms with van der Waals surface area (Å²) in [4.78, 5) is 2.27. The van der Waals surface area contributed by atoms with Gasteiger partial charge in [-0.15, -0.1) is 0 Å². The number of anilines is 2. The van der Waals surface area contributed by atoms with Gasteiger partial charge < -0.3 is 10.2 Å². The largest absolute Gasteiger partial charge is 0.379 e. The summed E-state index contributed by atoms with van der Waals surface area (Å²) in [5, 5.41) is 3.17. The summed E-state index contributed by atoms with van der Waals surface area (Å²) >= 11 is 0. The summed E-state index contributed by atoms with van der Waals surface area (Å²) in [6, 6.07) is 11.8. The van der Waals surface area contributed by atoms with Crippen molar-refractivity contribution in [2.75, 3.05) is 23.8 Å². The minimum absolute atomic E-state index is 0.189. The zero-order valence-corrected chi connectivity index (χ0v) is 11.9. The highest BCUT2D eigenvalue weighted by molar-refractivity contribution is 5.59. The Morgan fingerprint density at radius 3 is 2.85 bits per heavy atom. The molecule has 1 aliphatic rings. The Balaban J connectivity index is 1.73. The van der Waals surface area contributed by atoms with Gasteiger partial charge in [-0.25, -0.2) is 4.39 Å². The van der Waals surface area contributed by atoms with E-state index in [1.54, 1.807) is 12.1 Å². The number of hydrogen-bond donors (Lipinski definition) is 1. The van der Waals surface area contributed by atoms with Crippen LogP contribution in [-0.2, 0) is 13.0 Å². The fourth-order valence-corrected chi connectivity index (χ4v) is 2.69. The Labute approximate surface area is 119 Å². The molecule has 2 aromatic rings. The quantitative estimate of drug-likeness (QED) is 0.914. The van der Waals surface area contributed by atoms with Crippen LogP contribution in [0, 0.1) is 12.7 Å². The second-order valence-electron chi connectivity index (χ2n) is 5.47. The molecule has 0 saturated heterocycles. The van der Waals surface area contributed by atoms with Gasteiger partial charge in [-0.2, -0.15) is 0 Å². The van der Waals surface area contributed by atoms with E-state index in [4.69, 9.17) is 0 Å². The highest BCUT2D eigenvalue weighted by atomic mass is 19.1. The van der Waals surface area contributed by atoms with E-state index in [-0.39, 0.29) is 5.82 Å². The van der Waals surface area contributed by atoms with Crippen molar-refractivity contribution in [1.82, 2.24) is 0 Å². The molecule has 0 aliphatic carbocycles. The second-order valence-corrected chi connectivity index (χ2v) is 5.47. The van der Waals surface area contributed by atoms with Gasteiger partial charge in [-0.1, -0.05) is 18.2 Å². The van der Waals surface area contributed by atoms with Crippen molar-refractivity contribution in [3.05, 3.63) is 58.9 Å². The third kappa shape index (κ3) is 2.48. The number of hydrogen-bond acceptors (Lipinski definition) is 2. The van der Waals surface area contributed by atoms with Crippen LogP contribution in [-0.4, -0.2) is 13.6 Å². The van der Waals surface area contributed by atoms with E-state index in [0.29, 0.717) is 12.2 Å². The van der Waals surface area contributed by atoms with Crippen molar-refractivity contribution in [3.63, 3.8) is 0 Å². The van der Waals surface area contributed by atoms with Gasteiger partial charge in [0.15, 0.2) is 0 Å². The minimum atomic E-state index is -0.189. The van der Waals surface area contributed by atoms with Crippen molar-refractivity contribution >= 4 is 11.4 Å². The normalized spacial score (nSPS) is 13.4. The Kier molecular flexibility index (Phi) is 3.35. The van der Waals surface area contributed by atoms with Crippen LogP contribution >= 0.6 is 0 Å². The van der Waals surface area contributed by atoms with E-state index in [0.717, 1.165) is 18.5 Å².